The number of amides is 1. The normalized spacial score (nSPS) is 17.1. The number of carbonyl (C=O) groups excluding carboxylic acids is 1. The summed E-state index contributed by atoms with van der Waals surface area (Å²) in [6.07, 6.45) is 0.888. The topological polar surface area (TPSA) is 140 Å². The number of rotatable bonds is 7. The van der Waals surface area contributed by atoms with Crippen molar-refractivity contribution in [2.45, 2.75) is 65.5 Å². The average Bonchev–Trinajstić information content (AvgIpc) is 3.13. The lowest BCUT2D eigenvalue weighted by atomic mass is 9.97. The molecule has 1 aliphatic rings. The summed E-state index contributed by atoms with van der Waals surface area (Å²) in [7, 11) is -4.27. The molecule has 0 radical (unpaired) electrons. The van der Waals surface area contributed by atoms with Gasteiger partial charge in [0.15, 0.2) is 5.03 Å². The maximum Gasteiger partial charge on any atom is 0.281 e. The summed E-state index contributed by atoms with van der Waals surface area (Å²) in [5.41, 5.74) is 7.48. The number of sulfonamides is 1. The minimum atomic E-state index is -4.27. The first-order valence-corrected chi connectivity index (χ1v) is 14.7. The van der Waals surface area contributed by atoms with Crippen molar-refractivity contribution >= 4 is 27.6 Å². The van der Waals surface area contributed by atoms with E-state index in [9.17, 15) is 13.2 Å². The first-order valence-electron chi connectivity index (χ1n) is 13.2. The number of aryl methyl sites for hydroxylation is 1. The Kier molecular flexibility index (Phi) is 7.81. The van der Waals surface area contributed by atoms with Crippen LogP contribution in [0.25, 0.3) is 11.4 Å². The summed E-state index contributed by atoms with van der Waals surface area (Å²) in [6, 6.07) is 11.3. The summed E-state index contributed by atoms with van der Waals surface area (Å²) >= 11 is 0. The van der Waals surface area contributed by atoms with E-state index in [2.05, 4.69) is 56.1 Å². The number of nitrogens with one attached hydrogen (secondary N) is 1. The first-order chi connectivity index (χ1) is 18.6. The second-order valence-electron chi connectivity index (χ2n) is 12.3. The number of nitrogens with zero attached hydrogens (tertiary/aromatic N) is 4. The van der Waals surface area contributed by atoms with Gasteiger partial charge in [-0.2, -0.15) is 8.42 Å². The van der Waals surface area contributed by atoms with Crippen molar-refractivity contribution in [2.24, 2.45) is 11.3 Å². The van der Waals surface area contributed by atoms with Crippen LogP contribution in [-0.2, 0) is 10.0 Å². The van der Waals surface area contributed by atoms with Crippen LogP contribution in [0.5, 0.6) is 5.88 Å². The van der Waals surface area contributed by atoms with Gasteiger partial charge in [0, 0.05) is 19.1 Å². The Labute approximate surface area is 237 Å². The van der Waals surface area contributed by atoms with E-state index in [0.29, 0.717) is 42.2 Å². The molecule has 0 spiro atoms. The van der Waals surface area contributed by atoms with Crippen LogP contribution in [0.15, 0.2) is 47.5 Å². The molecule has 3 aromatic rings. The number of ether oxygens (including phenoxy) is 1. The predicted octanol–water partition coefficient (Wildman–Crippen LogP) is 4.84. The predicted molar refractivity (Wildman–Crippen MR) is 158 cm³/mol. The van der Waals surface area contributed by atoms with Crippen molar-refractivity contribution < 1.29 is 19.4 Å². The smallest absolute Gasteiger partial charge is 0.281 e. The van der Waals surface area contributed by atoms with Gasteiger partial charge in [0.1, 0.15) is 11.6 Å². The Morgan fingerprint density at radius 1 is 1.12 bits per heavy atom. The monoisotopic (exact) mass is 568 g/mol. The van der Waals surface area contributed by atoms with Crippen molar-refractivity contribution in [2.75, 3.05) is 23.8 Å². The summed E-state index contributed by atoms with van der Waals surface area (Å²) in [5.74, 6) is 0.491. The molecule has 1 fully saturated rings. The third kappa shape index (κ3) is 6.52. The molecule has 4 rings (SSSR count). The van der Waals surface area contributed by atoms with E-state index >= 15 is 0 Å². The van der Waals surface area contributed by atoms with Crippen LogP contribution in [0.1, 0.15) is 65.3 Å². The van der Waals surface area contributed by atoms with E-state index in [1.165, 1.54) is 18.2 Å². The number of nitrogens with two attached hydrogens (primary N) is 1. The van der Waals surface area contributed by atoms with Crippen LogP contribution in [0.4, 0.5) is 11.6 Å². The second-order valence-corrected chi connectivity index (χ2v) is 13.9. The van der Waals surface area contributed by atoms with Crippen molar-refractivity contribution in [3.8, 4) is 17.3 Å². The number of anilines is 2. The Hall–Kier alpha value is -3.73. The molecule has 4 heterocycles. The van der Waals surface area contributed by atoms with Crippen molar-refractivity contribution in [1.82, 2.24) is 19.7 Å². The number of hydrogen-bond acceptors (Lipinski definition) is 9. The highest BCUT2D eigenvalue weighted by atomic mass is 32.2. The van der Waals surface area contributed by atoms with Gasteiger partial charge in [-0.1, -0.05) is 39.8 Å². The van der Waals surface area contributed by atoms with E-state index in [1.54, 1.807) is 12.1 Å². The fourth-order valence-electron chi connectivity index (χ4n) is 4.83. The van der Waals surface area contributed by atoms with Crippen molar-refractivity contribution in [3.05, 3.63) is 53.6 Å². The molecule has 10 nitrogen and oxygen atoms in total. The summed E-state index contributed by atoms with van der Waals surface area (Å²) in [4.78, 5) is 29.0. The molecule has 1 aliphatic heterocycles. The lowest BCUT2D eigenvalue weighted by Gasteiger charge is -2.34. The second kappa shape index (κ2) is 10.7. The molecular formula is C29H40N6O4S. The van der Waals surface area contributed by atoms with Gasteiger partial charge < -0.3 is 15.4 Å². The van der Waals surface area contributed by atoms with Gasteiger partial charge in [-0.15, -0.1) is 0 Å². The number of aromatic nitrogens is 3. The van der Waals surface area contributed by atoms with E-state index in [4.69, 9.17) is 20.4 Å². The highest BCUT2D eigenvalue weighted by Gasteiger charge is 2.39. The zero-order chi connectivity index (χ0) is 29.5. The minimum absolute atomic E-state index is 0. The molecule has 3 aromatic heterocycles. The van der Waals surface area contributed by atoms with E-state index in [0.717, 1.165) is 12.0 Å². The van der Waals surface area contributed by atoms with E-state index in [-0.39, 0.29) is 28.8 Å². The molecule has 216 valence electrons. The molecule has 0 aliphatic carbocycles. The lowest BCUT2D eigenvalue weighted by Crippen LogP contribution is -2.41. The molecule has 1 atom stereocenters. The van der Waals surface area contributed by atoms with Crippen molar-refractivity contribution in [1.29, 1.82) is 0 Å². The Bertz CT molecular complexity index is 1540. The highest BCUT2D eigenvalue weighted by Crippen LogP contribution is 2.38. The molecule has 0 aromatic carbocycles. The quantitative estimate of drug-likeness (QED) is 0.409. The summed E-state index contributed by atoms with van der Waals surface area (Å²) in [6.45, 7) is 15.7. The lowest BCUT2D eigenvalue weighted by molar-refractivity contribution is 0.0981. The molecule has 40 heavy (non-hydrogen) atoms. The van der Waals surface area contributed by atoms with Crippen LogP contribution >= 0.6 is 0 Å². The largest absolute Gasteiger partial charge is 0.477 e. The van der Waals surface area contributed by atoms with Crippen LogP contribution in [-0.4, -0.2) is 48.0 Å². The minimum Gasteiger partial charge on any atom is -0.477 e. The van der Waals surface area contributed by atoms with Gasteiger partial charge in [-0.05, 0) is 68.9 Å². The fourth-order valence-corrected chi connectivity index (χ4v) is 5.77. The number of pyridine rings is 3. The molecular weight excluding hydrogens is 528 g/mol. The zero-order valence-corrected chi connectivity index (χ0v) is 25.0. The van der Waals surface area contributed by atoms with Crippen molar-refractivity contribution in [3.63, 3.8) is 0 Å². The van der Waals surface area contributed by atoms with E-state index < -0.39 is 15.9 Å². The number of nitrogen functional groups attached to an aromatic ring is 1. The average molecular weight is 569 g/mol. The van der Waals surface area contributed by atoms with E-state index in [1.807, 2.05) is 19.1 Å². The number of carbonyl (C=O) groups is 1. The first kappa shape index (κ1) is 29.3. The molecule has 1 saturated heterocycles. The third-order valence-electron chi connectivity index (χ3n) is 6.65. The highest BCUT2D eigenvalue weighted by molar-refractivity contribution is 7.90. The Morgan fingerprint density at radius 2 is 1.80 bits per heavy atom. The van der Waals surface area contributed by atoms with Crippen LogP contribution in [0.3, 0.4) is 0 Å². The Balaban J connectivity index is 0.00000462. The summed E-state index contributed by atoms with van der Waals surface area (Å²) in [5, 5.41) is -0.339. The van der Waals surface area contributed by atoms with Gasteiger partial charge in [-0.3, -0.25) is 4.79 Å². The van der Waals surface area contributed by atoms with Crippen LogP contribution < -0.4 is 20.1 Å². The molecule has 3 N–H and O–H groups in total. The van der Waals surface area contributed by atoms with Gasteiger partial charge in [0.05, 0.1) is 23.6 Å². The standard InChI is InChI=1S/C29H38N6O4S.H2/c1-18-15-29(6,7)35(16-18)25-20(26(36)34-40(37,38)24-10-8-9-23(30)33-24)12-14-21(31-25)22-13-11-19(2)27(32-22)39-17-28(3,4)5;/h8-14,18H,15-17H2,1-7H3,(H2,30,33)(H,34,36);1H. The van der Waals surface area contributed by atoms with Crippen LogP contribution in [0.2, 0.25) is 0 Å². The SMILES string of the molecule is Cc1ccc(-c2ccc(C(=O)NS(=O)(=O)c3cccc(N)n3)c(N3CC(C)CC3(C)C)n2)nc1OCC(C)(C)C.[HH]. The van der Waals surface area contributed by atoms with Gasteiger partial charge >= 0.3 is 0 Å². The third-order valence-corrected chi connectivity index (χ3v) is 7.88. The Morgan fingerprint density at radius 3 is 2.42 bits per heavy atom. The zero-order valence-electron chi connectivity index (χ0n) is 24.1. The van der Waals surface area contributed by atoms with Gasteiger partial charge in [-0.25, -0.2) is 19.7 Å². The number of hydrogen-bond donors (Lipinski definition) is 2. The molecule has 0 bridgehead atoms. The van der Waals surface area contributed by atoms with Gasteiger partial charge in [0.25, 0.3) is 15.9 Å². The van der Waals surface area contributed by atoms with Gasteiger partial charge in [0.2, 0.25) is 5.88 Å². The molecule has 0 saturated carbocycles. The molecule has 1 unspecified atom stereocenters. The maximum absolute atomic E-state index is 13.5. The van der Waals surface area contributed by atoms with Crippen LogP contribution in [0, 0.1) is 18.3 Å². The fraction of sp³-hybridized carbons (Fsp3) is 0.448. The molecule has 11 heteroatoms. The molecule has 1 amide bonds. The maximum atomic E-state index is 13.5. The summed E-state index contributed by atoms with van der Waals surface area (Å²) < 4.78 is 34.1.